The Labute approximate surface area is 124 Å². The summed E-state index contributed by atoms with van der Waals surface area (Å²) in [6.07, 6.45) is 2.56. The smallest absolute Gasteiger partial charge is 0.0623 e. The summed E-state index contributed by atoms with van der Waals surface area (Å²) in [6.45, 7) is 4.20. The van der Waals surface area contributed by atoms with E-state index in [1.165, 1.54) is 5.56 Å². The number of aliphatic hydroxyl groups excluding tert-OH is 2. The second-order valence-corrected chi connectivity index (χ2v) is 7.37. The van der Waals surface area contributed by atoms with Gasteiger partial charge in [-0.25, -0.2) is 0 Å². The highest BCUT2D eigenvalue weighted by Gasteiger charge is 2.38. The number of aliphatic hydroxyl groups is 2. The van der Waals surface area contributed by atoms with Crippen molar-refractivity contribution in [2.45, 2.75) is 51.7 Å². The van der Waals surface area contributed by atoms with Gasteiger partial charge in [0, 0.05) is 4.47 Å². The lowest BCUT2D eigenvalue weighted by atomic mass is 9.76. The predicted molar refractivity (Wildman–Crippen MR) is 81.0 cm³/mol. The molecular weight excluding hydrogens is 304 g/mol. The van der Waals surface area contributed by atoms with E-state index in [4.69, 9.17) is 0 Å². The van der Waals surface area contributed by atoms with E-state index < -0.39 is 0 Å². The molecule has 106 valence electrons. The Kier molecular flexibility index (Phi) is 4.70. The van der Waals surface area contributed by atoms with Crippen molar-refractivity contribution in [2.75, 3.05) is 0 Å². The monoisotopic (exact) mass is 326 g/mol. The van der Waals surface area contributed by atoms with Gasteiger partial charge in [0.1, 0.15) is 0 Å². The molecule has 0 aromatic heterocycles. The summed E-state index contributed by atoms with van der Waals surface area (Å²) in [5.74, 6) is 0.133. The summed E-state index contributed by atoms with van der Waals surface area (Å²) in [4.78, 5) is 0. The van der Waals surface area contributed by atoms with Crippen LogP contribution in [0.5, 0.6) is 0 Å². The fourth-order valence-electron chi connectivity index (χ4n) is 3.04. The van der Waals surface area contributed by atoms with E-state index in [2.05, 4.69) is 41.9 Å². The molecule has 2 nitrogen and oxygen atoms in total. The molecule has 1 aliphatic carbocycles. The van der Waals surface area contributed by atoms with Crippen LogP contribution in [0.2, 0.25) is 0 Å². The van der Waals surface area contributed by atoms with Gasteiger partial charge in [-0.3, -0.25) is 0 Å². The summed E-state index contributed by atoms with van der Waals surface area (Å²) in [6, 6.07) is 8.22. The van der Waals surface area contributed by atoms with E-state index in [0.717, 1.165) is 23.7 Å². The van der Waals surface area contributed by atoms with Crippen molar-refractivity contribution in [2.24, 2.45) is 11.3 Å². The van der Waals surface area contributed by atoms with Gasteiger partial charge in [-0.1, -0.05) is 41.9 Å². The molecule has 3 heteroatoms. The Balaban J connectivity index is 2.14. The zero-order valence-electron chi connectivity index (χ0n) is 11.6. The van der Waals surface area contributed by atoms with Crippen LogP contribution < -0.4 is 0 Å². The van der Waals surface area contributed by atoms with E-state index in [1.807, 2.05) is 12.1 Å². The van der Waals surface area contributed by atoms with E-state index in [9.17, 15) is 10.2 Å². The Hall–Kier alpha value is -0.380. The third-order valence-electron chi connectivity index (χ3n) is 4.36. The van der Waals surface area contributed by atoms with Crippen molar-refractivity contribution in [3.8, 4) is 0 Å². The standard InChI is InChI=1S/C16H23BrO2/c1-16(2)8-7-14(18)10-12(15(16)19)9-11-3-5-13(17)6-4-11/h3-6,12,14-15,18-19H,7-10H2,1-2H3/t12-,14+,15+/m1/s1. The maximum absolute atomic E-state index is 10.6. The van der Waals surface area contributed by atoms with Crippen LogP contribution in [0.3, 0.4) is 0 Å². The highest BCUT2D eigenvalue weighted by molar-refractivity contribution is 9.10. The molecule has 0 bridgehead atoms. The van der Waals surface area contributed by atoms with E-state index in [0.29, 0.717) is 6.42 Å². The third-order valence-corrected chi connectivity index (χ3v) is 4.88. The average Bonchev–Trinajstić information content (AvgIpc) is 2.45. The number of hydrogen-bond acceptors (Lipinski definition) is 2. The molecule has 19 heavy (non-hydrogen) atoms. The minimum absolute atomic E-state index is 0.114. The number of hydrogen-bond donors (Lipinski definition) is 2. The minimum Gasteiger partial charge on any atom is -0.393 e. The lowest BCUT2D eigenvalue weighted by molar-refractivity contribution is 0.00131. The molecule has 1 aromatic rings. The van der Waals surface area contributed by atoms with Crippen LogP contribution in [0.4, 0.5) is 0 Å². The summed E-state index contributed by atoms with van der Waals surface area (Å²) in [5, 5.41) is 20.6. The van der Waals surface area contributed by atoms with E-state index >= 15 is 0 Å². The molecule has 1 saturated carbocycles. The molecular formula is C16H23BrO2. The van der Waals surface area contributed by atoms with Crippen LogP contribution in [0.25, 0.3) is 0 Å². The van der Waals surface area contributed by atoms with Crippen molar-refractivity contribution < 1.29 is 10.2 Å². The first-order chi connectivity index (χ1) is 8.88. The van der Waals surface area contributed by atoms with Gasteiger partial charge in [0.25, 0.3) is 0 Å². The second kappa shape index (κ2) is 5.94. The Morgan fingerprint density at radius 2 is 1.84 bits per heavy atom. The summed E-state index contributed by atoms with van der Waals surface area (Å²) in [7, 11) is 0. The van der Waals surface area contributed by atoms with E-state index in [1.54, 1.807) is 0 Å². The van der Waals surface area contributed by atoms with Crippen molar-refractivity contribution in [1.82, 2.24) is 0 Å². The number of rotatable bonds is 2. The van der Waals surface area contributed by atoms with E-state index in [-0.39, 0.29) is 23.5 Å². The molecule has 2 N–H and O–H groups in total. The van der Waals surface area contributed by atoms with Gasteiger partial charge in [-0.05, 0) is 54.7 Å². The summed E-state index contributed by atoms with van der Waals surface area (Å²) in [5.41, 5.74) is 1.11. The predicted octanol–water partition coefficient (Wildman–Crippen LogP) is 3.54. The van der Waals surface area contributed by atoms with Gasteiger partial charge in [0.15, 0.2) is 0 Å². The molecule has 1 aliphatic rings. The van der Waals surface area contributed by atoms with Gasteiger partial charge < -0.3 is 10.2 Å². The molecule has 3 atom stereocenters. The van der Waals surface area contributed by atoms with Gasteiger partial charge in [-0.15, -0.1) is 0 Å². The van der Waals surface area contributed by atoms with Gasteiger partial charge in [0.2, 0.25) is 0 Å². The van der Waals surface area contributed by atoms with Gasteiger partial charge in [-0.2, -0.15) is 0 Å². The molecule has 0 radical (unpaired) electrons. The molecule has 0 spiro atoms. The number of benzene rings is 1. The minimum atomic E-state index is -0.353. The average molecular weight is 327 g/mol. The van der Waals surface area contributed by atoms with Crippen molar-refractivity contribution in [3.05, 3.63) is 34.3 Å². The third kappa shape index (κ3) is 3.80. The summed E-state index contributed by atoms with van der Waals surface area (Å²) >= 11 is 3.43. The van der Waals surface area contributed by atoms with Crippen LogP contribution in [0.15, 0.2) is 28.7 Å². The number of halogens is 1. The zero-order valence-corrected chi connectivity index (χ0v) is 13.2. The maximum atomic E-state index is 10.6. The molecule has 0 unspecified atom stereocenters. The summed E-state index contributed by atoms with van der Waals surface area (Å²) < 4.78 is 1.07. The Morgan fingerprint density at radius 1 is 1.21 bits per heavy atom. The lowest BCUT2D eigenvalue weighted by Crippen LogP contribution is -2.35. The SMILES string of the molecule is CC1(C)CC[C@H](O)C[C@@H](Cc2ccc(Br)cc2)[C@@H]1O. The fourth-order valence-corrected chi connectivity index (χ4v) is 3.30. The van der Waals surface area contributed by atoms with Crippen LogP contribution in [-0.4, -0.2) is 22.4 Å². The quantitative estimate of drug-likeness (QED) is 0.816. The molecule has 1 aromatic carbocycles. The van der Waals surface area contributed by atoms with Crippen LogP contribution in [0, 0.1) is 11.3 Å². The molecule has 0 heterocycles. The zero-order chi connectivity index (χ0) is 14.0. The maximum Gasteiger partial charge on any atom is 0.0623 e. The highest BCUT2D eigenvalue weighted by atomic mass is 79.9. The van der Waals surface area contributed by atoms with Crippen molar-refractivity contribution in [3.63, 3.8) is 0 Å². The molecule has 0 amide bonds. The first kappa shape index (κ1) is 15.0. The Bertz CT molecular complexity index is 413. The first-order valence-corrected chi connectivity index (χ1v) is 7.78. The van der Waals surface area contributed by atoms with Crippen molar-refractivity contribution in [1.29, 1.82) is 0 Å². The highest BCUT2D eigenvalue weighted by Crippen LogP contribution is 2.38. The fraction of sp³-hybridized carbons (Fsp3) is 0.625. The molecule has 0 aliphatic heterocycles. The topological polar surface area (TPSA) is 40.5 Å². The molecule has 0 saturated heterocycles. The lowest BCUT2D eigenvalue weighted by Gasteiger charge is -2.33. The normalized spacial score (nSPS) is 30.9. The Morgan fingerprint density at radius 3 is 2.47 bits per heavy atom. The molecule has 2 rings (SSSR count). The van der Waals surface area contributed by atoms with Gasteiger partial charge in [0.05, 0.1) is 12.2 Å². The van der Waals surface area contributed by atoms with Crippen LogP contribution in [-0.2, 0) is 6.42 Å². The van der Waals surface area contributed by atoms with Gasteiger partial charge >= 0.3 is 0 Å². The second-order valence-electron chi connectivity index (χ2n) is 6.45. The molecule has 1 fully saturated rings. The van der Waals surface area contributed by atoms with Crippen molar-refractivity contribution >= 4 is 15.9 Å². The first-order valence-electron chi connectivity index (χ1n) is 6.99. The van der Waals surface area contributed by atoms with Crippen LogP contribution in [0.1, 0.15) is 38.7 Å². The van der Waals surface area contributed by atoms with Crippen LogP contribution >= 0.6 is 15.9 Å². The largest absolute Gasteiger partial charge is 0.393 e.